The summed E-state index contributed by atoms with van der Waals surface area (Å²) in [6, 6.07) is 20.8. The first kappa shape index (κ1) is 25.4. The lowest BCUT2D eigenvalue weighted by molar-refractivity contribution is 0.0998. The van der Waals surface area contributed by atoms with Gasteiger partial charge in [-0.1, -0.05) is 47.6 Å². The molecule has 7 nitrogen and oxygen atoms in total. The van der Waals surface area contributed by atoms with Crippen molar-refractivity contribution in [1.29, 1.82) is 0 Å². The second-order valence-electron chi connectivity index (χ2n) is 7.93. The van der Waals surface area contributed by atoms with Crippen molar-refractivity contribution in [3.05, 3.63) is 88.7 Å². The zero-order chi connectivity index (χ0) is 25.7. The van der Waals surface area contributed by atoms with Gasteiger partial charge >= 0.3 is 0 Å². The summed E-state index contributed by atoms with van der Waals surface area (Å²) in [5.74, 6) is 2.84. The van der Waals surface area contributed by atoms with E-state index in [4.69, 9.17) is 11.2 Å². The fourth-order valence-electron chi connectivity index (χ4n) is 3.67. The van der Waals surface area contributed by atoms with Crippen molar-refractivity contribution >= 4 is 37.5 Å². The van der Waals surface area contributed by atoms with E-state index in [1.807, 2.05) is 55.5 Å². The highest BCUT2D eigenvalue weighted by Crippen LogP contribution is 2.24. The van der Waals surface area contributed by atoms with Crippen LogP contribution in [-0.2, 0) is 23.1 Å². The number of thiazole rings is 1. The Balaban J connectivity index is 1.61. The molecule has 0 saturated heterocycles. The Labute approximate surface area is 214 Å². The topological polar surface area (TPSA) is 81.0 Å². The molecule has 0 radical (unpaired) electrons. The summed E-state index contributed by atoms with van der Waals surface area (Å²) in [6.45, 7) is 2.95. The SMILES string of the molecule is C#CCn1c(=NC(=O)c2ccc(S(=O)(=O)N(C)Cc3ccccc3)cc2)sc2cc(OCC)ccc21. The summed E-state index contributed by atoms with van der Waals surface area (Å²) in [5.41, 5.74) is 2.02. The Morgan fingerprint density at radius 2 is 1.83 bits per heavy atom. The molecule has 0 saturated carbocycles. The normalized spacial score (nSPS) is 12.1. The van der Waals surface area contributed by atoms with E-state index in [1.165, 1.54) is 47.0 Å². The molecule has 0 atom stereocenters. The average Bonchev–Trinajstić information content (AvgIpc) is 3.21. The third-order valence-corrected chi connectivity index (χ3v) is 8.33. The predicted molar refractivity (Wildman–Crippen MR) is 141 cm³/mol. The molecule has 1 aromatic heterocycles. The van der Waals surface area contributed by atoms with Gasteiger partial charge in [-0.3, -0.25) is 4.79 Å². The molecule has 184 valence electrons. The number of aromatic nitrogens is 1. The van der Waals surface area contributed by atoms with Crippen LogP contribution >= 0.6 is 11.3 Å². The van der Waals surface area contributed by atoms with E-state index < -0.39 is 15.9 Å². The standard InChI is InChI=1S/C27H25N3O4S2/c1-4-17-30-24-16-13-22(34-5-2)18-25(24)35-27(30)28-26(31)21-11-14-23(15-12-21)36(32,33)29(3)19-20-9-7-6-8-10-20/h1,6-16,18H,5,17,19H2,2-3H3. The Kier molecular flexibility index (Phi) is 7.70. The van der Waals surface area contributed by atoms with Crippen LogP contribution in [0.25, 0.3) is 10.2 Å². The second-order valence-corrected chi connectivity index (χ2v) is 11.0. The van der Waals surface area contributed by atoms with Crippen LogP contribution in [0.4, 0.5) is 0 Å². The fraction of sp³-hybridized carbons (Fsp3) is 0.185. The molecule has 0 bridgehead atoms. The number of ether oxygens (including phenoxy) is 1. The number of carbonyl (C=O) groups is 1. The molecule has 36 heavy (non-hydrogen) atoms. The molecule has 1 amide bonds. The zero-order valence-corrected chi connectivity index (χ0v) is 21.6. The molecular weight excluding hydrogens is 494 g/mol. The van der Waals surface area contributed by atoms with E-state index >= 15 is 0 Å². The van der Waals surface area contributed by atoms with Crippen molar-refractivity contribution in [2.75, 3.05) is 13.7 Å². The summed E-state index contributed by atoms with van der Waals surface area (Å²) in [4.78, 5) is 17.8. The van der Waals surface area contributed by atoms with E-state index in [1.54, 1.807) is 4.57 Å². The highest BCUT2D eigenvalue weighted by molar-refractivity contribution is 7.89. The summed E-state index contributed by atoms with van der Waals surface area (Å²) >= 11 is 1.34. The molecule has 1 heterocycles. The van der Waals surface area contributed by atoms with Crippen molar-refractivity contribution in [1.82, 2.24) is 8.87 Å². The summed E-state index contributed by atoms with van der Waals surface area (Å²) in [7, 11) is -2.20. The maximum Gasteiger partial charge on any atom is 0.279 e. The molecule has 4 rings (SSSR count). The highest BCUT2D eigenvalue weighted by atomic mass is 32.2. The molecule has 0 fully saturated rings. The summed E-state index contributed by atoms with van der Waals surface area (Å²) in [5, 5.41) is 0. The van der Waals surface area contributed by atoms with E-state index in [9.17, 15) is 13.2 Å². The van der Waals surface area contributed by atoms with Gasteiger partial charge in [0.25, 0.3) is 5.91 Å². The van der Waals surface area contributed by atoms with Gasteiger partial charge in [0, 0.05) is 19.2 Å². The smallest absolute Gasteiger partial charge is 0.279 e. The first-order chi connectivity index (χ1) is 17.3. The van der Waals surface area contributed by atoms with Crippen molar-refractivity contribution in [2.45, 2.75) is 24.9 Å². The number of terminal acetylenes is 1. The van der Waals surface area contributed by atoms with Crippen LogP contribution in [0, 0.1) is 12.3 Å². The van der Waals surface area contributed by atoms with Crippen molar-refractivity contribution < 1.29 is 17.9 Å². The van der Waals surface area contributed by atoms with Gasteiger partial charge < -0.3 is 9.30 Å². The van der Waals surface area contributed by atoms with E-state index in [0.29, 0.717) is 11.4 Å². The number of sulfonamides is 1. The Morgan fingerprint density at radius 3 is 2.50 bits per heavy atom. The predicted octanol–water partition coefficient (Wildman–Crippen LogP) is 4.30. The van der Waals surface area contributed by atoms with Crippen molar-refractivity contribution in [2.24, 2.45) is 4.99 Å². The highest BCUT2D eigenvalue weighted by Gasteiger charge is 2.21. The minimum absolute atomic E-state index is 0.102. The second kappa shape index (κ2) is 10.9. The third kappa shape index (κ3) is 5.41. The molecule has 0 aliphatic heterocycles. The number of amides is 1. The molecule has 0 spiro atoms. The van der Waals surface area contributed by atoms with Crippen LogP contribution in [0.15, 0.2) is 82.7 Å². The van der Waals surface area contributed by atoms with Gasteiger partial charge in [0.05, 0.1) is 28.3 Å². The summed E-state index contributed by atoms with van der Waals surface area (Å²) in [6.07, 6.45) is 5.55. The van der Waals surface area contributed by atoms with Gasteiger partial charge in [0.15, 0.2) is 4.80 Å². The first-order valence-electron chi connectivity index (χ1n) is 11.2. The van der Waals surface area contributed by atoms with Crippen LogP contribution < -0.4 is 9.54 Å². The molecule has 0 aliphatic carbocycles. The minimum atomic E-state index is -3.72. The molecule has 0 aliphatic rings. The quantitative estimate of drug-likeness (QED) is 0.325. The van der Waals surface area contributed by atoms with Gasteiger partial charge in [0.1, 0.15) is 5.75 Å². The van der Waals surface area contributed by atoms with Gasteiger partial charge in [-0.25, -0.2) is 8.42 Å². The van der Waals surface area contributed by atoms with Crippen LogP contribution in [0.1, 0.15) is 22.8 Å². The number of nitrogens with zero attached hydrogens (tertiary/aromatic N) is 3. The largest absolute Gasteiger partial charge is 0.494 e. The zero-order valence-electron chi connectivity index (χ0n) is 19.9. The fourth-order valence-corrected chi connectivity index (χ4v) is 5.88. The lowest BCUT2D eigenvalue weighted by atomic mass is 10.2. The Morgan fingerprint density at radius 1 is 1.11 bits per heavy atom. The summed E-state index contributed by atoms with van der Waals surface area (Å²) < 4.78 is 35.5. The van der Waals surface area contributed by atoms with E-state index in [-0.39, 0.29) is 23.5 Å². The van der Waals surface area contributed by atoms with E-state index in [0.717, 1.165) is 21.5 Å². The number of benzene rings is 3. The first-order valence-corrected chi connectivity index (χ1v) is 13.5. The van der Waals surface area contributed by atoms with Gasteiger partial charge in [-0.15, -0.1) is 6.42 Å². The van der Waals surface area contributed by atoms with E-state index in [2.05, 4.69) is 10.9 Å². The minimum Gasteiger partial charge on any atom is -0.494 e. The lowest BCUT2D eigenvalue weighted by Crippen LogP contribution is -2.26. The van der Waals surface area contributed by atoms with Gasteiger partial charge in [0.2, 0.25) is 10.0 Å². The third-order valence-electron chi connectivity index (χ3n) is 5.47. The molecule has 4 aromatic rings. The van der Waals surface area contributed by atoms with Crippen LogP contribution in [0.3, 0.4) is 0 Å². The molecule has 9 heteroatoms. The molecule has 0 unspecified atom stereocenters. The maximum atomic E-state index is 13.0. The number of carbonyl (C=O) groups excluding carboxylic acids is 1. The molecule has 3 aromatic carbocycles. The number of hydrogen-bond donors (Lipinski definition) is 0. The number of hydrogen-bond acceptors (Lipinski definition) is 5. The van der Waals surface area contributed by atoms with Crippen molar-refractivity contribution in [3.63, 3.8) is 0 Å². The van der Waals surface area contributed by atoms with Crippen LogP contribution in [0.2, 0.25) is 0 Å². The average molecular weight is 520 g/mol. The number of fused-ring (bicyclic) bond motifs is 1. The van der Waals surface area contributed by atoms with Gasteiger partial charge in [-0.05, 0) is 55.0 Å². The molecular formula is C27H25N3O4S2. The number of rotatable bonds is 8. The molecule has 0 N–H and O–H groups in total. The van der Waals surface area contributed by atoms with Crippen molar-refractivity contribution in [3.8, 4) is 18.1 Å². The lowest BCUT2D eigenvalue weighted by Gasteiger charge is -2.17. The van der Waals surface area contributed by atoms with Crippen LogP contribution in [0.5, 0.6) is 5.75 Å². The maximum absolute atomic E-state index is 13.0. The van der Waals surface area contributed by atoms with Gasteiger partial charge in [-0.2, -0.15) is 9.30 Å². The Bertz CT molecular complexity index is 1600. The van der Waals surface area contributed by atoms with Crippen LogP contribution in [-0.4, -0.2) is 36.9 Å². The Hall–Kier alpha value is -3.71. The monoisotopic (exact) mass is 519 g/mol.